The Morgan fingerprint density at radius 2 is 1.91 bits per heavy atom. The quantitative estimate of drug-likeness (QED) is 0.508. The number of halogens is 5. The first-order chi connectivity index (χ1) is 10.6. The standard InChI is InChI=1S/C13H13F5N2O3/c1-23-11(22)10(21)20-9(8-4-2-3-7-19-8)5-6-12(14,15)13(16,17)18/h2-4,7,9H,5-6H2,1H3,(H,20,21). The van der Waals surface area contributed by atoms with E-state index in [0.717, 1.165) is 7.11 Å². The first-order valence-electron chi connectivity index (χ1n) is 6.33. The summed E-state index contributed by atoms with van der Waals surface area (Å²) in [5.74, 6) is -7.48. The number of hydrogen-bond donors (Lipinski definition) is 1. The van der Waals surface area contributed by atoms with Crippen molar-refractivity contribution in [1.29, 1.82) is 0 Å². The minimum Gasteiger partial charge on any atom is -0.462 e. The Morgan fingerprint density at radius 3 is 2.39 bits per heavy atom. The molecule has 0 saturated heterocycles. The van der Waals surface area contributed by atoms with E-state index in [1.165, 1.54) is 24.4 Å². The molecule has 0 saturated carbocycles. The summed E-state index contributed by atoms with van der Waals surface area (Å²) >= 11 is 0. The van der Waals surface area contributed by atoms with Crippen LogP contribution in [0.5, 0.6) is 0 Å². The second-order valence-electron chi connectivity index (χ2n) is 4.51. The molecule has 1 unspecified atom stereocenters. The molecule has 1 heterocycles. The van der Waals surface area contributed by atoms with Crippen LogP contribution in [0.3, 0.4) is 0 Å². The van der Waals surface area contributed by atoms with Crippen LogP contribution < -0.4 is 5.32 Å². The van der Waals surface area contributed by atoms with Crippen molar-refractivity contribution in [2.45, 2.75) is 31.0 Å². The van der Waals surface area contributed by atoms with Gasteiger partial charge in [0.2, 0.25) is 0 Å². The maximum atomic E-state index is 13.0. The molecule has 10 heteroatoms. The van der Waals surface area contributed by atoms with E-state index in [1.807, 2.05) is 5.32 Å². The number of amides is 1. The number of hydrogen-bond acceptors (Lipinski definition) is 4. The highest BCUT2D eigenvalue weighted by Crippen LogP contribution is 2.40. The third kappa shape index (κ3) is 5.15. The van der Waals surface area contributed by atoms with E-state index in [2.05, 4.69) is 9.72 Å². The number of carbonyl (C=O) groups excluding carboxylic acids is 2. The highest BCUT2D eigenvalue weighted by molar-refractivity contribution is 6.32. The van der Waals surface area contributed by atoms with Gasteiger partial charge < -0.3 is 10.1 Å². The molecule has 0 fully saturated rings. The SMILES string of the molecule is COC(=O)C(=O)NC(CCC(F)(F)C(F)(F)F)c1ccccn1. The Morgan fingerprint density at radius 1 is 1.26 bits per heavy atom. The van der Waals surface area contributed by atoms with Crippen LogP contribution in [0.15, 0.2) is 24.4 Å². The highest BCUT2D eigenvalue weighted by atomic mass is 19.4. The summed E-state index contributed by atoms with van der Waals surface area (Å²) in [7, 11) is 0.926. The minimum atomic E-state index is -5.70. The van der Waals surface area contributed by atoms with Crippen molar-refractivity contribution >= 4 is 11.9 Å². The van der Waals surface area contributed by atoms with Gasteiger partial charge >= 0.3 is 24.0 Å². The Hall–Kier alpha value is -2.26. The van der Waals surface area contributed by atoms with Crippen molar-refractivity contribution in [2.24, 2.45) is 0 Å². The summed E-state index contributed by atoms with van der Waals surface area (Å²) in [4.78, 5) is 26.3. The lowest BCUT2D eigenvalue weighted by Gasteiger charge is -2.23. The van der Waals surface area contributed by atoms with Crippen molar-refractivity contribution in [3.8, 4) is 0 Å². The molecule has 0 aliphatic rings. The first kappa shape index (κ1) is 18.8. The van der Waals surface area contributed by atoms with Gasteiger partial charge in [-0.15, -0.1) is 0 Å². The van der Waals surface area contributed by atoms with Crippen molar-refractivity contribution < 1.29 is 36.3 Å². The molecule has 128 valence electrons. The molecule has 1 rings (SSSR count). The van der Waals surface area contributed by atoms with Crippen molar-refractivity contribution in [2.75, 3.05) is 7.11 Å². The van der Waals surface area contributed by atoms with Crippen LogP contribution in [-0.2, 0) is 14.3 Å². The van der Waals surface area contributed by atoms with Gasteiger partial charge in [0.05, 0.1) is 18.8 Å². The topological polar surface area (TPSA) is 68.3 Å². The number of carbonyl (C=O) groups is 2. The van der Waals surface area contributed by atoms with E-state index >= 15 is 0 Å². The number of rotatable bonds is 5. The van der Waals surface area contributed by atoms with Gasteiger partial charge in [-0.2, -0.15) is 22.0 Å². The normalized spacial score (nSPS) is 13.3. The molecule has 0 aromatic carbocycles. The summed E-state index contributed by atoms with van der Waals surface area (Å²) in [6.45, 7) is 0. The number of nitrogens with one attached hydrogen (secondary N) is 1. The van der Waals surface area contributed by atoms with E-state index in [-0.39, 0.29) is 5.69 Å². The van der Waals surface area contributed by atoms with Crippen LogP contribution in [0.4, 0.5) is 22.0 Å². The highest BCUT2D eigenvalue weighted by Gasteiger charge is 2.56. The lowest BCUT2D eigenvalue weighted by Crippen LogP contribution is -2.39. The smallest absolute Gasteiger partial charge is 0.453 e. The van der Waals surface area contributed by atoms with Crippen LogP contribution in [-0.4, -0.2) is 36.1 Å². The van der Waals surface area contributed by atoms with E-state index in [9.17, 15) is 31.5 Å². The van der Waals surface area contributed by atoms with Gasteiger partial charge in [0, 0.05) is 12.6 Å². The van der Waals surface area contributed by atoms with Gasteiger partial charge in [0.25, 0.3) is 0 Å². The zero-order valence-electron chi connectivity index (χ0n) is 11.9. The average Bonchev–Trinajstić information content (AvgIpc) is 2.50. The van der Waals surface area contributed by atoms with Gasteiger partial charge in [0.15, 0.2) is 0 Å². The lowest BCUT2D eigenvalue weighted by molar-refractivity contribution is -0.284. The molecule has 1 amide bonds. The number of esters is 1. The number of methoxy groups -OCH3 is 1. The summed E-state index contributed by atoms with van der Waals surface area (Å²) in [5.41, 5.74) is 0.0442. The average molecular weight is 340 g/mol. The molecule has 1 aromatic rings. The molecular formula is C13H13F5N2O3. The Balaban J connectivity index is 2.89. The lowest BCUT2D eigenvalue weighted by atomic mass is 10.0. The zero-order chi connectivity index (χ0) is 17.7. The van der Waals surface area contributed by atoms with Crippen LogP contribution in [0, 0.1) is 0 Å². The summed E-state index contributed by atoms with van der Waals surface area (Å²) < 4.78 is 66.8. The summed E-state index contributed by atoms with van der Waals surface area (Å²) in [6.07, 6.45) is -6.77. The fraction of sp³-hybridized carbons (Fsp3) is 0.462. The molecule has 0 bridgehead atoms. The Bertz CT molecular complexity index is 548. The largest absolute Gasteiger partial charge is 0.462 e. The van der Waals surface area contributed by atoms with Crippen LogP contribution in [0.1, 0.15) is 24.6 Å². The predicted molar refractivity (Wildman–Crippen MR) is 67.4 cm³/mol. The molecule has 0 spiro atoms. The summed E-state index contributed by atoms with van der Waals surface area (Å²) in [5, 5.41) is 2.03. The molecule has 0 aliphatic carbocycles. The van der Waals surface area contributed by atoms with Crippen LogP contribution >= 0.6 is 0 Å². The van der Waals surface area contributed by atoms with Gasteiger partial charge in [-0.05, 0) is 18.6 Å². The molecule has 23 heavy (non-hydrogen) atoms. The second kappa shape index (κ2) is 7.34. The molecule has 0 radical (unpaired) electrons. The molecule has 0 aliphatic heterocycles. The fourth-order valence-corrected chi connectivity index (χ4v) is 1.65. The molecular weight excluding hydrogens is 327 g/mol. The maximum Gasteiger partial charge on any atom is 0.453 e. The maximum absolute atomic E-state index is 13.0. The third-order valence-corrected chi connectivity index (χ3v) is 2.88. The monoisotopic (exact) mass is 340 g/mol. The van der Waals surface area contributed by atoms with Crippen LogP contribution in [0.25, 0.3) is 0 Å². The van der Waals surface area contributed by atoms with Gasteiger partial charge in [0.1, 0.15) is 0 Å². The molecule has 1 atom stereocenters. The Labute approximate surface area is 127 Å². The van der Waals surface area contributed by atoms with Crippen molar-refractivity contribution in [3.05, 3.63) is 30.1 Å². The molecule has 1 N–H and O–H groups in total. The third-order valence-electron chi connectivity index (χ3n) is 2.88. The van der Waals surface area contributed by atoms with E-state index < -0.39 is 42.9 Å². The van der Waals surface area contributed by atoms with Gasteiger partial charge in [-0.1, -0.05) is 6.07 Å². The van der Waals surface area contributed by atoms with E-state index in [1.54, 1.807) is 0 Å². The number of alkyl halides is 5. The Kier molecular flexibility index (Phi) is 5.99. The number of ether oxygens (including phenoxy) is 1. The summed E-state index contributed by atoms with van der Waals surface area (Å²) in [6, 6.07) is 2.98. The van der Waals surface area contributed by atoms with E-state index in [4.69, 9.17) is 0 Å². The van der Waals surface area contributed by atoms with Crippen molar-refractivity contribution in [3.63, 3.8) is 0 Å². The molecule has 1 aromatic heterocycles. The number of aromatic nitrogens is 1. The van der Waals surface area contributed by atoms with Crippen molar-refractivity contribution in [1.82, 2.24) is 10.3 Å². The predicted octanol–water partition coefficient (Wildman–Crippen LogP) is 2.39. The van der Waals surface area contributed by atoms with Gasteiger partial charge in [-0.3, -0.25) is 9.78 Å². The second-order valence-corrected chi connectivity index (χ2v) is 4.51. The van der Waals surface area contributed by atoms with Gasteiger partial charge in [-0.25, -0.2) is 4.79 Å². The fourth-order valence-electron chi connectivity index (χ4n) is 1.65. The van der Waals surface area contributed by atoms with Crippen LogP contribution in [0.2, 0.25) is 0 Å². The molecule has 5 nitrogen and oxygen atoms in total. The minimum absolute atomic E-state index is 0.0442. The zero-order valence-corrected chi connectivity index (χ0v) is 11.9. The number of pyridine rings is 1. The number of nitrogens with zero attached hydrogens (tertiary/aromatic N) is 1. The first-order valence-corrected chi connectivity index (χ1v) is 6.33. The van der Waals surface area contributed by atoms with E-state index in [0.29, 0.717) is 0 Å².